The lowest BCUT2D eigenvalue weighted by atomic mass is 10.2. The van der Waals surface area contributed by atoms with Crippen molar-refractivity contribution in [3.8, 4) is 0 Å². The van der Waals surface area contributed by atoms with E-state index in [0.717, 1.165) is 26.1 Å². The van der Waals surface area contributed by atoms with Crippen molar-refractivity contribution in [2.24, 2.45) is 5.73 Å². The molecule has 1 aliphatic rings. The predicted molar refractivity (Wildman–Crippen MR) is 57.4 cm³/mol. The molecule has 15 heavy (non-hydrogen) atoms. The minimum absolute atomic E-state index is 0.144. The number of hydrogen-bond acceptors (Lipinski definition) is 4. The number of aromatic nitrogens is 2. The molecule has 0 unspecified atom stereocenters. The van der Waals surface area contributed by atoms with E-state index >= 15 is 0 Å². The summed E-state index contributed by atoms with van der Waals surface area (Å²) in [5.74, 6) is 0. The van der Waals surface area contributed by atoms with Gasteiger partial charge in [0.25, 0.3) is 0 Å². The molecule has 0 radical (unpaired) electrons. The molecule has 2 heterocycles. The van der Waals surface area contributed by atoms with Crippen molar-refractivity contribution in [3.05, 3.63) is 18.7 Å². The third kappa shape index (κ3) is 2.37. The number of nitrogens with two attached hydrogens (primary N) is 1. The Morgan fingerprint density at radius 3 is 3.00 bits per heavy atom. The second-order valence-corrected chi connectivity index (χ2v) is 4.05. The Labute approximate surface area is 89.5 Å². The van der Waals surface area contributed by atoms with Gasteiger partial charge in [-0.15, -0.1) is 0 Å². The maximum absolute atomic E-state index is 9.91. The summed E-state index contributed by atoms with van der Waals surface area (Å²) in [7, 11) is 0. The highest BCUT2D eigenvalue weighted by atomic mass is 16.3. The molecule has 0 bridgehead atoms. The van der Waals surface area contributed by atoms with Crippen LogP contribution in [0.1, 0.15) is 12.5 Å². The van der Waals surface area contributed by atoms with Gasteiger partial charge in [0.2, 0.25) is 0 Å². The Morgan fingerprint density at radius 2 is 2.33 bits per heavy atom. The van der Waals surface area contributed by atoms with Gasteiger partial charge in [-0.2, -0.15) is 0 Å². The Kier molecular flexibility index (Phi) is 3.35. The van der Waals surface area contributed by atoms with Crippen LogP contribution in [0.4, 0.5) is 0 Å². The molecule has 1 fully saturated rings. The van der Waals surface area contributed by atoms with Crippen LogP contribution in [-0.4, -0.2) is 51.8 Å². The number of aliphatic hydroxyl groups is 1. The monoisotopic (exact) mass is 210 g/mol. The van der Waals surface area contributed by atoms with Crippen LogP contribution < -0.4 is 5.73 Å². The van der Waals surface area contributed by atoms with Gasteiger partial charge in [0.05, 0.1) is 18.5 Å². The normalized spacial score (nSPS) is 27.3. The Bertz CT molecular complexity index is 288. The smallest absolute Gasteiger partial charge is 0.0949 e. The molecule has 1 aromatic rings. The number of likely N-dealkylation sites (tertiary alicyclic amines) is 1. The fourth-order valence-electron chi connectivity index (χ4n) is 2.10. The Balaban J connectivity index is 1.93. The highest BCUT2D eigenvalue weighted by Crippen LogP contribution is 2.21. The van der Waals surface area contributed by atoms with E-state index in [-0.39, 0.29) is 12.1 Å². The first-order valence-electron chi connectivity index (χ1n) is 5.39. The molecule has 0 spiro atoms. The molecule has 0 aromatic carbocycles. The van der Waals surface area contributed by atoms with E-state index in [1.807, 2.05) is 10.8 Å². The lowest BCUT2D eigenvalue weighted by molar-refractivity contribution is 0.144. The first kappa shape index (κ1) is 10.6. The van der Waals surface area contributed by atoms with Crippen LogP contribution in [0.15, 0.2) is 18.7 Å². The van der Waals surface area contributed by atoms with Crippen LogP contribution in [0, 0.1) is 0 Å². The highest BCUT2D eigenvalue weighted by Gasteiger charge is 2.31. The summed E-state index contributed by atoms with van der Waals surface area (Å²) < 4.78 is 1.98. The lowest BCUT2D eigenvalue weighted by Crippen LogP contribution is -2.24. The van der Waals surface area contributed by atoms with Gasteiger partial charge >= 0.3 is 0 Å². The summed E-state index contributed by atoms with van der Waals surface area (Å²) in [6.45, 7) is 3.31. The van der Waals surface area contributed by atoms with Gasteiger partial charge in [0.1, 0.15) is 0 Å². The molecule has 84 valence electrons. The van der Waals surface area contributed by atoms with Crippen LogP contribution in [0.2, 0.25) is 0 Å². The van der Waals surface area contributed by atoms with Gasteiger partial charge in [-0.05, 0) is 19.5 Å². The molecule has 5 heteroatoms. The fourth-order valence-corrected chi connectivity index (χ4v) is 2.10. The van der Waals surface area contributed by atoms with Crippen molar-refractivity contribution in [1.82, 2.24) is 14.5 Å². The molecule has 0 saturated carbocycles. The number of rotatable bonds is 4. The van der Waals surface area contributed by atoms with Gasteiger partial charge in [-0.25, -0.2) is 4.98 Å². The minimum atomic E-state index is -0.294. The fraction of sp³-hybridized carbons (Fsp3) is 0.700. The van der Waals surface area contributed by atoms with Crippen LogP contribution in [0.25, 0.3) is 0 Å². The van der Waals surface area contributed by atoms with Crippen molar-refractivity contribution < 1.29 is 5.11 Å². The van der Waals surface area contributed by atoms with E-state index in [1.54, 1.807) is 12.5 Å². The van der Waals surface area contributed by atoms with E-state index < -0.39 is 0 Å². The van der Waals surface area contributed by atoms with Crippen molar-refractivity contribution in [1.29, 1.82) is 0 Å². The zero-order valence-corrected chi connectivity index (χ0v) is 8.79. The van der Waals surface area contributed by atoms with Crippen molar-refractivity contribution in [3.63, 3.8) is 0 Å². The van der Waals surface area contributed by atoms with Crippen molar-refractivity contribution in [2.45, 2.75) is 18.6 Å². The first-order valence-corrected chi connectivity index (χ1v) is 5.39. The maximum atomic E-state index is 9.91. The maximum Gasteiger partial charge on any atom is 0.0949 e. The van der Waals surface area contributed by atoms with E-state index in [9.17, 15) is 5.11 Å². The molecule has 2 rings (SSSR count). The molecule has 1 aliphatic heterocycles. The van der Waals surface area contributed by atoms with Crippen molar-refractivity contribution in [2.75, 3.05) is 26.2 Å². The molecule has 0 amide bonds. The van der Waals surface area contributed by atoms with E-state index in [0.29, 0.717) is 6.54 Å². The van der Waals surface area contributed by atoms with Gasteiger partial charge in [0, 0.05) is 25.5 Å². The average molecular weight is 210 g/mol. The largest absolute Gasteiger partial charge is 0.390 e. The summed E-state index contributed by atoms with van der Waals surface area (Å²) in [6, 6.07) is 0.144. The highest BCUT2D eigenvalue weighted by molar-refractivity contribution is 4.91. The number of nitrogens with zero attached hydrogens (tertiary/aromatic N) is 3. The van der Waals surface area contributed by atoms with Gasteiger partial charge in [-0.3, -0.25) is 4.90 Å². The second-order valence-electron chi connectivity index (χ2n) is 4.05. The summed E-state index contributed by atoms with van der Waals surface area (Å²) in [5, 5.41) is 9.91. The number of β-amino-alcohol motifs (C(OH)–C–C–N with tert-alkyl or cyclic N) is 1. The van der Waals surface area contributed by atoms with Gasteiger partial charge in [-0.1, -0.05) is 0 Å². The van der Waals surface area contributed by atoms with Crippen molar-refractivity contribution >= 4 is 0 Å². The number of hydrogen-bond donors (Lipinski definition) is 2. The molecule has 0 aliphatic carbocycles. The molecule has 2 atom stereocenters. The first-order chi connectivity index (χ1) is 7.31. The molecule has 1 saturated heterocycles. The molecule has 3 N–H and O–H groups in total. The third-order valence-electron chi connectivity index (χ3n) is 2.92. The van der Waals surface area contributed by atoms with Crippen LogP contribution in [0.5, 0.6) is 0 Å². The summed E-state index contributed by atoms with van der Waals surface area (Å²) >= 11 is 0. The standard InChI is InChI=1S/C10H18N4O/c11-2-1-4-13-6-9(10(15)7-13)14-5-3-12-8-14/h3,5,8-10,15H,1-2,4,6-7,11H2/t9-,10+/m0/s1. The molecular weight excluding hydrogens is 192 g/mol. The molecule has 1 aromatic heterocycles. The quantitative estimate of drug-likeness (QED) is 0.699. The van der Waals surface area contributed by atoms with Crippen LogP contribution in [-0.2, 0) is 0 Å². The summed E-state index contributed by atoms with van der Waals surface area (Å²) in [6.07, 6.45) is 6.11. The zero-order chi connectivity index (χ0) is 10.7. The Morgan fingerprint density at radius 1 is 1.47 bits per heavy atom. The van der Waals surface area contributed by atoms with Gasteiger partial charge < -0.3 is 15.4 Å². The van der Waals surface area contributed by atoms with Crippen LogP contribution in [0.3, 0.4) is 0 Å². The lowest BCUT2D eigenvalue weighted by Gasteiger charge is -2.15. The topological polar surface area (TPSA) is 67.3 Å². The average Bonchev–Trinajstić information content (AvgIpc) is 2.83. The van der Waals surface area contributed by atoms with E-state index in [4.69, 9.17) is 5.73 Å². The van der Waals surface area contributed by atoms with E-state index in [2.05, 4.69) is 9.88 Å². The third-order valence-corrected chi connectivity index (χ3v) is 2.92. The van der Waals surface area contributed by atoms with Gasteiger partial charge in [0.15, 0.2) is 0 Å². The summed E-state index contributed by atoms with van der Waals surface area (Å²) in [5.41, 5.74) is 5.47. The molecular formula is C10H18N4O. The molecule has 5 nitrogen and oxygen atoms in total. The minimum Gasteiger partial charge on any atom is -0.390 e. The Hall–Kier alpha value is -0.910. The second kappa shape index (κ2) is 4.74. The SMILES string of the molecule is NCCCN1C[C@@H](O)[C@@H](n2ccnc2)C1. The number of aliphatic hydroxyl groups excluding tert-OH is 1. The van der Waals surface area contributed by atoms with E-state index in [1.165, 1.54) is 0 Å². The zero-order valence-electron chi connectivity index (χ0n) is 8.79. The number of imidazole rings is 1. The summed E-state index contributed by atoms with van der Waals surface area (Å²) in [4.78, 5) is 6.25. The van der Waals surface area contributed by atoms with Crippen LogP contribution >= 0.6 is 0 Å². The predicted octanol–water partition coefficient (Wildman–Crippen LogP) is -0.550.